The van der Waals surface area contributed by atoms with E-state index in [1.54, 1.807) is 0 Å². The van der Waals surface area contributed by atoms with Crippen LogP contribution in [0.5, 0.6) is 0 Å². The first-order valence-corrected chi connectivity index (χ1v) is 8.07. The lowest BCUT2D eigenvalue weighted by atomic mass is 10.1. The number of hydrogen-bond donors (Lipinski definition) is 0. The smallest absolute Gasteiger partial charge is 0.0598 e. The fourth-order valence-electron chi connectivity index (χ4n) is 1.87. The van der Waals surface area contributed by atoms with Gasteiger partial charge < -0.3 is 0 Å². The zero-order valence-corrected chi connectivity index (χ0v) is 11.2. The van der Waals surface area contributed by atoms with Crippen molar-refractivity contribution in [2.24, 2.45) is 0 Å². The molecule has 1 atom stereocenters. The second-order valence-electron chi connectivity index (χ2n) is 3.79. The predicted octanol–water partition coefficient (Wildman–Crippen LogP) is 4.56. The van der Waals surface area contributed by atoms with Gasteiger partial charge in [-0.15, -0.1) is 34.9 Å². The average molecular weight is 264 g/mol. The summed E-state index contributed by atoms with van der Waals surface area (Å²) in [4.78, 5) is 1.49. The molecule has 0 fully saturated rings. The summed E-state index contributed by atoms with van der Waals surface area (Å²) in [7, 11) is 0. The van der Waals surface area contributed by atoms with Gasteiger partial charge in [0.2, 0.25) is 0 Å². The molecule has 1 aromatic heterocycles. The van der Waals surface area contributed by atoms with Crippen LogP contribution in [0.2, 0.25) is 0 Å². The molecule has 1 unspecified atom stereocenters. The summed E-state index contributed by atoms with van der Waals surface area (Å²) in [5, 5.41) is 2.91. The van der Waals surface area contributed by atoms with Crippen molar-refractivity contribution in [1.29, 1.82) is 0 Å². The Kier molecular flexibility index (Phi) is 3.27. The lowest BCUT2D eigenvalue weighted by Crippen LogP contribution is -2.03. The Morgan fingerprint density at radius 3 is 2.94 bits per heavy atom. The SMILES string of the molecule is c1csc(SCC2Cc3ccccc3S2)c1. The van der Waals surface area contributed by atoms with Gasteiger partial charge in [0, 0.05) is 15.9 Å². The fourth-order valence-corrected chi connectivity index (χ4v) is 5.16. The molecule has 0 aliphatic carbocycles. The van der Waals surface area contributed by atoms with E-state index in [2.05, 4.69) is 41.8 Å². The molecule has 0 radical (unpaired) electrons. The van der Waals surface area contributed by atoms with Crippen LogP contribution >= 0.6 is 34.9 Å². The summed E-state index contributed by atoms with van der Waals surface area (Å²) >= 11 is 5.88. The number of thioether (sulfide) groups is 2. The molecule has 0 nitrogen and oxygen atoms in total. The average Bonchev–Trinajstić information content (AvgIpc) is 2.95. The van der Waals surface area contributed by atoms with Gasteiger partial charge in [0.1, 0.15) is 0 Å². The second-order valence-corrected chi connectivity index (χ2v) is 7.40. The van der Waals surface area contributed by atoms with E-state index in [1.165, 1.54) is 26.8 Å². The third kappa shape index (κ3) is 2.31. The standard InChI is InChI=1S/C13H12S3/c1-2-5-12-10(4-1)8-11(16-12)9-15-13-6-3-7-14-13/h1-7,11H,8-9H2. The van der Waals surface area contributed by atoms with E-state index in [0.717, 1.165) is 5.25 Å². The lowest BCUT2D eigenvalue weighted by molar-refractivity contribution is 0.971. The summed E-state index contributed by atoms with van der Waals surface area (Å²) in [6.07, 6.45) is 1.24. The van der Waals surface area contributed by atoms with Crippen LogP contribution < -0.4 is 0 Å². The van der Waals surface area contributed by atoms with Crippen molar-refractivity contribution in [1.82, 2.24) is 0 Å². The number of benzene rings is 1. The molecule has 0 amide bonds. The Bertz CT molecular complexity index is 437. The number of rotatable bonds is 3. The quantitative estimate of drug-likeness (QED) is 0.746. The second kappa shape index (κ2) is 4.86. The van der Waals surface area contributed by atoms with Crippen LogP contribution in [0.1, 0.15) is 5.56 Å². The Balaban J connectivity index is 1.60. The molecule has 3 rings (SSSR count). The summed E-state index contributed by atoms with van der Waals surface area (Å²) < 4.78 is 1.44. The normalized spacial score (nSPS) is 18.6. The third-order valence-corrected chi connectivity index (χ3v) is 6.44. The van der Waals surface area contributed by atoms with Crippen LogP contribution in [-0.4, -0.2) is 11.0 Å². The van der Waals surface area contributed by atoms with Gasteiger partial charge in [-0.25, -0.2) is 0 Å². The van der Waals surface area contributed by atoms with Crippen LogP contribution in [0, 0.1) is 0 Å². The molecule has 0 bridgehead atoms. The van der Waals surface area contributed by atoms with Crippen LogP contribution in [0.15, 0.2) is 50.9 Å². The molecule has 0 saturated heterocycles. The van der Waals surface area contributed by atoms with Crippen LogP contribution in [0.3, 0.4) is 0 Å². The fraction of sp³-hybridized carbons (Fsp3) is 0.231. The minimum absolute atomic E-state index is 0.754. The topological polar surface area (TPSA) is 0 Å². The maximum absolute atomic E-state index is 2.26. The molecule has 2 aromatic rings. The van der Waals surface area contributed by atoms with E-state index in [4.69, 9.17) is 0 Å². The summed E-state index contributed by atoms with van der Waals surface area (Å²) in [6.45, 7) is 0. The Labute approximate surface area is 108 Å². The van der Waals surface area contributed by atoms with Crippen molar-refractivity contribution in [2.45, 2.75) is 20.8 Å². The Morgan fingerprint density at radius 1 is 1.19 bits per heavy atom. The van der Waals surface area contributed by atoms with E-state index in [1.807, 2.05) is 34.9 Å². The van der Waals surface area contributed by atoms with Crippen LogP contribution in [0.25, 0.3) is 0 Å². The Hall–Kier alpha value is -0.380. The molecule has 0 spiro atoms. The Morgan fingerprint density at radius 2 is 2.12 bits per heavy atom. The molecule has 3 heteroatoms. The highest BCUT2D eigenvalue weighted by molar-refractivity contribution is 8.04. The maximum atomic E-state index is 2.26. The monoisotopic (exact) mass is 264 g/mol. The van der Waals surface area contributed by atoms with Gasteiger partial charge in [-0.3, -0.25) is 0 Å². The van der Waals surface area contributed by atoms with E-state index in [-0.39, 0.29) is 0 Å². The van der Waals surface area contributed by atoms with E-state index >= 15 is 0 Å². The molecule has 1 aliphatic heterocycles. The minimum atomic E-state index is 0.754. The maximum Gasteiger partial charge on any atom is 0.0598 e. The van der Waals surface area contributed by atoms with E-state index < -0.39 is 0 Å². The minimum Gasteiger partial charge on any atom is -0.137 e. The molecule has 82 valence electrons. The predicted molar refractivity (Wildman–Crippen MR) is 74.8 cm³/mol. The van der Waals surface area contributed by atoms with Crippen molar-refractivity contribution in [2.75, 3.05) is 5.75 Å². The first kappa shape index (κ1) is 10.8. The van der Waals surface area contributed by atoms with Crippen LogP contribution in [0.4, 0.5) is 0 Å². The summed E-state index contributed by atoms with van der Waals surface area (Å²) in [5.41, 5.74) is 1.53. The first-order valence-electron chi connectivity index (χ1n) is 5.33. The third-order valence-electron chi connectivity index (χ3n) is 2.62. The molecule has 1 aromatic carbocycles. The van der Waals surface area contributed by atoms with Gasteiger partial charge in [-0.05, 0) is 29.5 Å². The largest absolute Gasteiger partial charge is 0.137 e. The van der Waals surface area contributed by atoms with Crippen LogP contribution in [-0.2, 0) is 6.42 Å². The summed E-state index contributed by atoms with van der Waals surface area (Å²) in [6, 6.07) is 13.1. The van der Waals surface area contributed by atoms with Crippen molar-refractivity contribution in [3.8, 4) is 0 Å². The van der Waals surface area contributed by atoms with Crippen molar-refractivity contribution in [3.05, 3.63) is 47.3 Å². The van der Waals surface area contributed by atoms with Crippen molar-refractivity contribution < 1.29 is 0 Å². The van der Waals surface area contributed by atoms with E-state index in [0.29, 0.717) is 0 Å². The van der Waals surface area contributed by atoms with Crippen molar-refractivity contribution >= 4 is 34.9 Å². The van der Waals surface area contributed by atoms with Crippen molar-refractivity contribution in [3.63, 3.8) is 0 Å². The lowest BCUT2D eigenvalue weighted by Gasteiger charge is -2.05. The summed E-state index contributed by atoms with van der Waals surface area (Å²) in [5.74, 6) is 1.22. The number of thiophene rings is 1. The van der Waals surface area contributed by atoms with Gasteiger partial charge in [-0.1, -0.05) is 24.3 Å². The van der Waals surface area contributed by atoms with Gasteiger partial charge >= 0.3 is 0 Å². The van der Waals surface area contributed by atoms with Gasteiger partial charge in [-0.2, -0.15) is 0 Å². The zero-order chi connectivity index (χ0) is 10.8. The molecule has 0 N–H and O–H groups in total. The number of hydrogen-bond acceptors (Lipinski definition) is 3. The molecule has 2 heterocycles. The highest BCUT2D eigenvalue weighted by Gasteiger charge is 2.21. The van der Waals surface area contributed by atoms with Gasteiger partial charge in [0.05, 0.1) is 4.21 Å². The van der Waals surface area contributed by atoms with Gasteiger partial charge in [0.25, 0.3) is 0 Å². The highest BCUT2D eigenvalue weighted by Crippen LogP contribution is 2.39. The molecule has 1 aliphatic rings. The van der Waals surface area contributed by atoms with Gasteiger partial charge in [0.15, 0.2) is 0 Å². The highest BCUT2D eigenvalue weighted by atomic mass is 32.2. The first-order chi connectivity index (χ1) is 7.92. The molecular formula is C13H12S3. The zero-order valence-electron chi connectivity index (χ0n) is 8.76. The number of fused-ring (bicyclic) bond motifs is 1. The molecular weight excluding hydrogens is 252 g/mol. The van der Waals surface area contributed by atoms with E-state index in [9.17, 15) is 0 Å². The molecule has 0 saturated carbocycles. The molecule has 16 heavy (non-hydrogen) atoms.